The van der Waals surface area contributed by atoms with Gasteiger partial charge in [-0.25, -0.2) is 9.37 Å². The smallest absolute Gasteiger partial charge is 0.230 e. The van der Waals surface area contributed by atoms with Gasteiger partial charge < -0.3 is 13.9 Å². The molecule has 5 nitrogen and oxygen atoms in total. The summed E-state index contributed by atoms with van der Waals surface area (Å²) in [4.78, 5) is 19.1. The first-order valence-electron chi connectivity index (χ1n) is 9.22. The number of benzene rings is 1. The average molecular weight is 365 g/mol. The fourth-order valence-corrected chi connectivity index (χ4v) is 4.40. The molecule has 1 fully saturated rings. The first-order chi connectivity index (χ1) is 13.1. The van der Waals surface area contributed by atoms with Crippen molar-refractivity contribution in [1.29, 1.82) is 0 Å². The lowest BCUT2D eigenvalue weighted by atomic mass is 9.86. The Bertz CT molecular complexity index is 978. The third-order valence-electron chi connectivity index (χ3n) is 5.80. The van der Waals surface area contributed by atoms with Gasteiger partial charge >= 0.3 is 0 Å². The average Bonchev–Trinajstić information content (AvgIpc) is 3.42. The zero-order chi connectivity index (χ0) is 18.4. The number of halogens is 1. The largest absolute Gasteiger partial charge is 0.469 e. The van der Waals surface area contributed by atoms with Crippen molar-refractivity contribution in [3.63, 3.8) is 0 Å². The molecular formula is C21H20FN3O2. The molecule has 4 heterocycles. The molecule has 1 spiro atoms. The number of furan rings is 1. The maximum atomic E-state index is 13.2. The Morgan fingerprint density at radius 3 is 2.85 bits per heavy atom. The highest BCUT2D eigenvalue weighted by Gasteiger charge is 2.45. The maximum absolute atomic E-state index is 13.2. The quantitative estimate of drug-likeness (QED) is 0.716. The van der Waals surface area contributed by atoms with E-state index in [2.05, 4.69) is 9.55 Å². The molecule has 0 saturated carbocycles. The van der Waals surface area contributed by atoms with Crippen LogP contribution in [-0.4, -0.2) is 33.4 Å². The Kier molecular flexibility index (Phi) is 3.67. The van der Waals surface area contributed by atoms with E-state index in [0.29, 0.717) is 12.2 Å². The van der Waals surface area contributed by atoms with Gasteiger partial charge in [-0.05, 0) is 48.4 Å². The monoisotopic (exact) mass is 365 g/mol. The van der Waals surface area contributed by atoms with Crippen LogP contribution in [0.15, 0.2) is 53.3 Å². The second-order valence-corrected chi connectivity index (χ2v) is 7.65. The van der Waals surface area contributed by atoms with Gasteiger partial charge in [0.2, 0.25) is 5.91 Å². The molecule has 5 rings (SSSR count). The maximum Gasteiger partial charge on any atom is 0.230 e. The fraction of sp³-hybridized carbons (Fsp3) is 0.333. The molecule has 2 aliphatic heterocycles. The van der Waals surface area contributed by atoms with Gasteiger partial charge in [-0.1, -0.05) is 0 Å². The number of likely N-dealkylation sites (tertiary alicyclic amines) is 1. The fourth-order valence-electron chi connectivity index (χ4n) is 4.40. The van der Waals surface area contributed by atoms with Gasteiger partial charge in [0.15, 0.2) is 0 Å². The van der Waals surface area contributed by atoms with E-state index in [0.717, 1.165) is 49.6 Å². The van der Waals surface area contributed by atoms with Crippen molar-refractivity contribution < 1.29 is 13.6 Å². The Balaban J connectivity index is 1.32. The molecule has 0 radical (unpaired) electrons. The van der Waals surface area contributed by atoms with Crippen LogP contribution in [0.25, 0.3) is 11.3 Å². The van der Waals surface area contributed by atoms with Crippen LogP contribution in [0.5, 0.6) is 0 Å². The predicted molar refractivity (Wildman–Crippen MR) is 97.4 cm³/mol. The van der Waals surface area contributed by atoms with Crippen LogP contribution < -0.4 is 0 Å². The molecule has 0 aliphatic carbocycles. The van der Waals surface area contributed by atoms with Crippen LogP contribution in [0.3, 0.4) is 0 Å². The zero-order valence-electron chi connectivity index (χ0n) is 14.9. The Morgan fingerprint density at radius 2 is 2.07 bits per heavy atom. The third-order valence-corrected chi connectivity index (χ3v) is 5.80. The van der Waals surface area contributed by atoms with E-state index in [4.69, 9.17) is 4.42 Å². The molecular weight excluding hydrogens is 345 g/mol. The first-order valence-corrected chi connectivity index (χ1v) is 9.22. The molecule has 1 amide bonds. The normalized spacial score (nSPS) is 21.1. The van der Waals surface area contributed by atoms with Crippen LogP contribution in [0.1, 0.15) is 18.0 Å². The van der Waals surface area contributed by atoms with E-state index in [1.807, 2.05) is 17.2 Å². The zero-order valence-corrected chi connectivity index (χ0v) is 14.9. The van der Waals surface area contributed by atoms with Crippen molar-refractivity contribution in [1.82, 2.24) is 14.5 Å². The number of amides is 1. The molecule has 2 aromatic heterocycles. The standard InChI is InChI=1S/C21H20FN3O2/c22-16-5-3-15(4-6-16)18-12-23-19-11-21(14-25(18)19)7-8-24(13-21)20(26)10-17-2-1-9-27-17/h1-6,9,12H,7-8,10-11,13-14H2. The van der Waals surface area contributed by atoms with Crippen molar-refractivity contribution >= 4 is 5.91 Å². The lowest BCUT2D eigenvalue weighted by Gasteiger charge is -2.23. The van der Waals surface area contributed by atoms with E-state index in [9.17, 15) is 9.18 Å². The summed E-state index contributed by atoms with van der Waals surface area (Å²) in [5.74, 6) is 1.64. The molecule has 1 unspecified atom stereocenters. The summed E-state index contributed by atoms with van der Waals surface area (Å²) in [5, 5.41) is 0. The summed E-state index contributed by atoms with van der Waals surface area (Å²) in [6, 6.07) is 10.2. The highest BCUT2D eigenvalue weighted by atomic mass is 19.1. The summed E-state index contributed by atoms with van der Waals surface area (Å²) in [5.41, 5.74) is 2.04. The molecule has 6 heteroatoms. The van der Waals surface area contributed by atoms with Crippen molar-refractivity contribution in [2.75, 3.05) is 13.1 Å². The van der Waals surface area contributed by atoms with E-state index in [1.54, 1.807) is 24.5 Å². The molecule has 1 aromatic carbocycles. The van der Waals surface area contributed by atoms with Crippen LogP contribution in [0, 0.1) is 11.2 Å². The number of nitrogens with zero attached hydrogens (tertiary/aromatic N) is 3. The van der Waals surface area contributed by atoms with Gasteiger partial charge in [-0.15, -0.1) is 0 Å². The number of rotatable bonds is 3. The predicted octanol–water partition coefficient (Wildman–Crippen LogP) is 3.30. The Labute approximate surface area is 156 Å². The molecule has 1 saturated heterocycles. The van der Waals surface area contributed by atoms with Gasteiger partial charge in [0.1, 0.15) is 17.4 Å². The van der Waals surface area contributed by atoms with Gasteiger partial charge in [0.25, 0.3) is 0 Å². The molecule has 138 valence electrons. The number of hydrogen-bond donors (Lipinski definition) is 0. The van der Waals surface area contributed by atoms with E-state index in [1.165, 1.54) is 12.1 Å². The van der Waals surface area contributed by atoms with Crippen LogP contribution >= 0.6 is 0 Å². The number of imidazole rings is 1. The topological polar surface area (TPSA) is 51.3 Å². The molecule has 27 heavy (non-hydrogen) atoms. The summed E-state index contributed by atoms with van der Waals surface area (Å²) in [6.45, 7) is 2.37. The molecule has 1 atom stereocenters. The highest BCUT2D eigenvalue weighted by Crippen LogP contribution is 2.42. The summed E-state index contributed by atoms with van der Waals surface area (Å²) in [6.07, 6.45) is 5.63. The summed E-state index contributed by atoms with van der Waals surface area (Å²) < 4.78 is 20.8. The van der Waals surface area contributed by atoms with Gasteiger partial charge in [-0.3, -0.25) is 4.79 Å². The lowest BCUT2D eigenvalue weighted by Crippen LogP contribution is -2.34. The van der Waals surface area contributed by atoms with Crippen molar-refractivity contribution in [3.8, 4) is 11.3 Å². The summed E-state index contributed by atoms with van der Waals surface area (Å²) >= 11 is 0. The van der Waals surface area contributed by atoms with Gasteiger partial charge in [0.05, 0.1) is 24.6 Å². The lowest BCUT2D eigenvalue weighted by molar-refractivity contribution is -0.130. The molecule has 2 aliphatic rings. The first kappa shape index (κ1) is 16.3. The minimum Gasteiger partial charge on any atom is -0.469 e. The van der Waals surface area contributed by atoms with Crippen molar-refractivity contribution in [2.45, 2.75) is 25.8 Å². The number of aromatic nitrogens is 2. The van der Waals surface area contributed by atoms with E-state index < -0.39 is 0 Å². The number of carbonyl (C=O) groups is 1. The van der Waals surface area contributed by atoms with Crippen molar-refractivity contribution in [2.24, 2.45) is 5.41 Å². The van der Waals surface area contributed by atoms with Crippen LogP contribution in [0.2, 0.25) is 0 Å². The SMILES string of the molecule is O=C(Cc1ccco1)N1CCC2(Cc3ncc(-c4ccc(F)cc4)n3C2)C1. The molecule has 0 N–H and O–H groups in total. The van der Waals surface area contributed by atoms with Crippen LogP contribution in [0.4, 0.5) is 4.39 Å². The molecule has 3 aromatic rings. The second-order valence-electron chi connectivity index (χ2n) is 7.65. The van der Waals surface area contributed by atoms with Crippen LogP contribution in [-0.2, 0) is 24.2 Å². The van der Waals surface area contributed by atoms with Gasteiger partial charge in [0, 0.05) is 31.5 Å². The van der Waals surface area contributed by atoms with E-state index in [-0.39, 0.29) is 17.1 Å². The highest BCUT2D eigenvalue weighted by molar-refractivity contribution is 5.78. The minimum absolute atomic E-state index is 0.0528. The number of carbonyl (C=O) groups excluding carboxylic acids is 1. The van der Waals surface area contributed by atoms with Crippen molar-refractivity contribution in [3.05, 3.63) is 66.3 Å². The van der Waals surface area contributed by atoms with Gasteiger partial charge in [-0.2, -0.15) is 0 Å². The third kappa shape index (κ3) is 2.85. The Morgan fingerprint density at radius 1 is 1.22 bits per heavy atom. The Hall–Kier alpha value is -2.89. The molecule has 0 bridgehead atoms. The second kappa shape index (κ2) is 6.08. The van der Waals surface area contributed by atoms with E-state index >= 15 is 0 Å². The summed E-state index contributed by atoms with van der Waals surface area (Å²) in [7, 11) is 0. The number of fused-ring (bicyclic) bond motifs is 1. The number of hydrogen-bond acceptors (Lipinski definition) is 3. The minimum atomic E-state index is -0.238.